The van der Waals surface area contributed by atoms with Crippen molar-refractivity contribution in [1.29, 1.82) is 0 Å². The van der Waals surface area contributed by atoms with E-state index in [2.05, 4.69) is 36.3 Å². The number of hydrogen-bond acceptors (Lipinski definition) is 5. The molecule has 7 heteroatoms. The smallest absolute Gasteiger partial charge is 0.230 e. The molecule has 2 aliphatic carbocycles. The Bertz CT molecular complexity index is 871. The molecule has 1 amide bonds. The summed E-state index contributed by atoms with van der Waals surface area (Å²) in [5, 5.41) is 12.6. The van der Waals surface area contributed by atoms with Crippen LogP contribution in [0.25, 0.3) is 11.4 Å². The second kappa shape index (κ2) is 6.40. The maximum Gasteiger partial charge on any atom is 0.230 e. The average molecular weight is 389 g/mol. The van der Waals surface area contributed by atoms with E-state index >= 15 is 0 Å². The number of rotatable bonds is 5. The highest BCUT2D eigenvalue weighted by atomic mass is 32.2. The van der Waals surface area contributed by atoms with Gasteiger partial charge in [0.05, 0.1) is 17.6 Å². The van der Waals surface area contributed by atoms with Crippen molar-refractivity contribution in [3.8, 4) is 11.4 Å². The van der Waals surface area contributed by atoms with E-state index in [1.54, 1.807) is 6.26 Å². The van der Waals surface area contributed by atoms with Gasteiger partial charge in [0.15, 0.2) is 11.0 Å². The minimum atomic E-state index is 0.0821. The van der Waals surface area contributed by atoms with Gasteiger partial charge in [-0.15, -0.1) is 10.2 Å². The average Bonchev–Trinajstić information content (AvgIpc) is 3.29. The summed E-state index contributed by atoms with van der Waals surface area (Å²) >= 11 is 1.43. The number of hydrogen-bond donors (Lipinski definition) is 1. The molecular formula is C20H28N4O2S. The number of thioether (sulfide) groups is 1. The van der Waals surface area contributed by atoms with Crippen molar-refractivity contribution in [2.75, 3.05) is 5.75 Å². The van der Waals surface area contributed by atoms with E-state index in [4.69, 9.17) is 4.42 Å². The van der Waals surface area contributed by atoms with Crippen LogP contribution in [0.2, 0.25) is 0 Å². The highest BCUT2D eigenvalue weighted by molar-refractivity contribution is 7.99. The van der Waals surface area contributed by atoms with E-state index in [1.165, 1.54) is 24.6 Å². The minimum Gasteiger partial charge on any atom is -0.469 e. The SMILES string of the molecule is Cc1occc1-c1nnc(SCC(=O)NC2CC3CCC2(C)C3(C)C)n1C. The van der Waals surface area contributed by atoms with Crippen molar-refractivity contribution < 1.29 is 9.21 Å². The van der Waals surface area contributed by atoms with Gasteiger partial charge in [-0.3, -0.25) is 4.79 Å². The van der Waals surface area contributed by atoms with Crippen LogP contribution in [-0.2, 0) is 11.8 Å². The van der Waals surface area contributed by atoms with Gasteiger partial charge in [-0.25, -0.2) is 0 Å². The Balaban J connectivity index is 1.38. The summed E-state index contributed by atoms with van der Waals surface area (Å²) in [6.07, 6.45) is 5.25. The summed E-state index contributed by atoms with van der Waals surface area (Å²) in [4.78, 5) is 12.6. The number of carbonyl (C=O) groups is 1. The van der Waals surface area contributed by atoms with Crippen LogP contribution in [-0.4, -0.2) is 32.5 Å². The number of furan rings is 1. The van der Waals surface area contributed by atoms with Crippen LogP contribution in [0.3, 0.4) is 0 Å². The molecular weight excluding hydrogens is 360 g/mol. The lowest BCUT2D eigenvalue weighted by molar-refractivity contribution is -0.120. The molecule has 6 nitrogen and oxygen atoms in total. The van der Waals surface area contributed by atoms with Gasteiger partial charge < -0.3 is 14.3 Å². The number of aryl methyl sites for hydroxylation is 1. The highest BCUT2D eigenvalue weighted by Gasteiger charge is 2.61. The molecule has 3 unspecified atom stereocenters. The van der Waals surface area contributed by atoms with Gasteiger partial charge in [0.1, 0.15) is 5.76 Å². The molecule has 2 aromatic rings. The molecule has 2 aromatic heterocycles. The predicted octanol–water partition coefficient (Wildman–Crippen LogP) is 3.81. The molecule has 4 rings (SSSR count). The molecule has 2 fully saturated rings. The molecule has 2 heterocycles. The van der Waals surface area contributed by atoms with E-state index in [9.17, 15) is 4.79 Å². The topological polar surface area (TPSA) is 72.9 Å². The van der Waals surface area contributed by atoms with Crippen molar-refractivity contribution >= 4 is 17.7 Å². The largest absolute Gasteiger partial charge is 0.469 e. The Morgan fingerprint density at radius 3 is 2.78 bits per heavy atom. The van der Waals surface area contributed by atoms with E-state index < -0.39 is 0 Å². The number of amides is 1. The molecule has 0 radical (unpaired) electrons. The van der Waals surface area contributed by atoms with E-state index in [1.807, 2.05) is 24.6 Å². The number of carbonyl (C=O) groups excluding carboxylic acids is 1. The first-order valence-corrected chi connectivity index (χ1v) is 10.6. The first-order valence-electron chi connectivity index (χ1n) is 9.60. The second-order valence-electron chi connectivity index (χ2n) is 8.77. The predicted molar refractivity (Wildman–Crippen MR) is 105 cm³/mol. The van der Waals surface area contributed by atoms with Gasteiger partial charge in [-0.2, -0.15) is 0 Å². The van der Waals surface area contributed by atoms with Gasteiger partial charge in [0.2, 0.25) is 5.91 Å². The summed E-state index contributed by atoms with van der Waals surface area (Å²) in [5.74, 6) is 2.73. The maximum atomic E-state index is 12.6. The van der Waals surface area contributed by atoms with E-state index in [0.717, 1.165) is 34.6 Å². The van der Waals surface area contributed by atoms with Crippen molar-refractivity contribution in [2.45, 2.75) is 58.2 Å². The van der Waals surface area contributed by atoms with Crippen LogP contribution >= 0.6 is 11.8 Å². The summed E-state index contributed by atoms with van der Waals surface area (Å²) in [6, 6.07) is 2.17. The quantitative estimate of drug-likeness (QED) is 0.789. The Morgan fingerprint density at radius 2 is 2.19 bits per heavy atom. The third kappa shape index (κ3) is 2.82. The van der Waals surface area contributed by atoms with Crippen LogP contribution in [0, 0.1) is 23.7 Å². The van der Waals surface area contributed by atoms with Crippen LogP contribution in [0.1, 0.15) is 45.8 Å². The van der Waals surface area contributed by atoms with Crippen molar-refractivity contribution in [3.05, 3.63) is 18.1 Å². The molecule has 0 aliphatic heterocycles. The van der Waals surface area contributed by atoms with Gasteiger partial charge in [0.25, 0.3) is 0 Å². The molecule has 146 valence electrons. The zero-order chi connectivity index (χ0) is 19.4. The summed E-state index contributed by atoms with van der Waals surface area (Å²) in [7, 11) is 1.92. The number of aromatic nitrogens is 3. The normalized spacial score (nSPS) is 28.6. The van der Waals surface area contributed by atoms with Crippen LogP contribution in [0.5, 0.6) is 0 Å². The van der Waals surface area contributed by atoms with Crippen molar-refractivity contribution in [3.63, 3.8) is 0 Å². The molecule has 2 aliphatic rings. The minimum absolute atomic E-state index is 0.0821. The Kier molecular flexibility index (Phi) is 4.41. The van der Waals surface area contributed by atoms with Crippen LogP contribution in [0.15, 0.2) is 21.9 Å². The van der Waals surface area contributed by atoms with E-state index in [0.29, 0.717) is 11.2 Å². The third-order valence-electron chi connectivity index (χ3n) is 7.40. The molecule has 3 atom stereocenters. The van der Waals surface area contributed by atoms with Crippen molar-refractivity contribution in [1.82, 2.24) is 20.1 Å². The lowest BCUT2D eigenvalue weighted by atomic mass is 9.69. The molecule has 0 aromatic carbocycles. The second-order valence-corrected chi connectivity index (χ2v) is 9.72. The fourth-order valence-corrected chi connectivity index (χ4v) is 5.80. The number of nitrogens with zero attached hydrogens (tertiary/aromatic N) is 3. The molecule has 27 heavy (non-hydrogen) atoms. The third-order valence-corrected chi connectivity index (χ3v) is 8.42. The Morgan fingerprint density at radius 1 is 1.41 bits per heavy atom. The number of fused-ring (bicyclic) bond motifs is 2. The van der Waals surface area contributed by atoms with Crippen LogP contribution < -0.4 is 5.32 Å². The van der Waals surface area contributed by atoms with E-state index in [-0.39, 0.29) is 17.4 Å². The summed E-state index contributed by atoms with van der Waals surface area (Å²) in [5.41, 5.74) is 1.44. The zero-order valence-corrected chi connectivity index (χ0v) is 17.5. The van der Waals surface area contributed by atoms with Crippen LogP contribution in [0.4, 0.5) is 0 Å². The van der Waals surface area contributed by atoms with Gasteiger partial charge in [-0.05, 0) is 49.0 Å². The van der Waals surface area contributed by atoms with Gasteiger partial charge in [0, 0.05) is 13.1 Å². The molecule has 0 spiro atoms. The fraction of sp³-hybridized carbons (Fsp3) is 0.650. The lowest BCUT2D eigenvalue weighted by Gasteiger charge is -2.39. The van der Waals surface area contributed by atoms with Gasteiger partial charge in [-0.1, -0.05) is 32.5 Å². The molecule has 0 saturated heterocycles. The zero-order valence-electron chi connectivity index (χ0n) is 16.7. The monoisotopic (exact) mass is 388 g/mol. The first-order chi connectivity index (χ1) is 12.7. The molecule has 1 N–H and O–H groups in total. The summed E-state index contributed by atoms with van der Waals surface area (Å²) in [6.45, 7) is 8.98. The fourth-order valence-electron chi connectivity index (χ4n) is 5.08. The maximum absolute atomic E-state index is 12.6. The van der Waals surface area contributed by atoms with Crippen molar-refractivity contribution in [2.24, 2.45) is 23.8 Å². The lowest BCUT2D eigenvalue weighted by Crippen LogP contribution is -2.47. The summed E-state index contributed by atoms with van der Waals surface area (Å²) < 4.78 is 7.27. The Labute approximate surface area is 164 Å². The standard InChI is InChI=1S/C20H28N4O2S/c1-12-14(7-9-26-12)17-22-23-18(24(17)5)27-11-16(25)21-15-10-13-6-8-20(15,4)19(13,2)3/h7,9,13,15H,6,8,10-11H2,1-5H3,(H,21,25). The Hall–Kier alpha value is -1.76. The molecule has 2 bridgehead atoms. The number of nitrogens with one attached hydrogen (secondary N) is 1. The highest BCUT2D eigenvalue weighted by Crippen LogP contribution is 2.65. The van der Waals surface area contributed by atoms with Gasteiger partial charge >= 0.3 is 0 Å². The molecule has 2 saturated carbocycles. The first kappa shape index (κ1) is 18.6.